The number of Topliss-reactive ketones (excluding diaryl/α,β-unsaturated/α-hetero) is 1. The summed E-state index contributed by atoms with van der Waals surface area (Å²) in [5.74, 6) is 1.23. The monoisotopic (exact) mass is 381 g/mol. The summed E-state index contributed by atoms with van der Waals surface area (Å²) in [7, 11) is 3.59. The minimum absolute atomic E-state index is 0.00587. The fourth-order valence-corrected chi connectivity index (χ4v) is 2.73. The summed E-state index contributed by atoms with van der Waals surface area (Å²) < 4.78 is 13.1. The molecule has 7 nitrogen and oxygen atoms in total. The SMILES string of the molecule is CC(=O)c1ccc(OCc2ccc(C(=O)N(C)Cc3cnn(C)c3C)o2)cc1. The first-order valence-electron chi connectivity index (χ1n) is 8.90. The summed E-state index contributed by atoms with van der Waals surface area (Å²) in [5, 5.41) is 4.19. The van der Waals surface area contributed by atoms with E-state index in [-0.39, 0.29) is 24.1 Å². The molecule has 1 amide bonds. The number of aromatic nitrogens is 2. The normalized spacial score (nSPS) is 10.7. The lowest BCUT2D eigenvalue weighted by molar-refractivity contribution is 0.0749. The Balaban J connectivity index is 1.58. The fraction of sp³-hybridized carbons (Fsp3) is 0.286. The average Bonchev–Trinajstić information content (AvgIpc) is 3.28. The molecule has 0 radical (unpaired) electrons. The van der Waals surface area contributed by atoms with Crippen molar-refractivity contribution < 1.29 is 18.7 Å². The first kappa shape index (κ1) is 19.4. The number of amides is 1. The molecule has 0 aliphatic carbocycles. The van der Waals surface area contributed by atoms with Gasteiger partial charge in [0.25, 0.3) is 5.91 Å². The molecule has 3 rings (SSSR count). The summed E-state index contributed by atoms with van der Waals surface area (Å²) in [6.45, 7) is 4.13. The first-order valence-corrected chi connectivity index (χ1v) is 8.90. The minimum Gasteiger partial charge on any atom is -0.486 e. The third-order valence-corrected chi connectivity index (χ3v) is 4.61. The molecule has 3 aromatic rings. The number of ketones is 1. The Morgan fingerprint density at radius 1 is 1.18 bits per heavy atom. The highest BCUT2D eigenvalue weighted by Crippen LogP contribution is 2.17. The van der Waals surface area contributed by atoms with Crippen molar-refractivity contribution in [1.29, 1.82) is 0 Å². The van der Waals surface area contributed by atoms with Crippen LogP contribution in [-0.4, -0.2) is 33.4 Å². The first-order chi connectivity index (χ1) is 13.3. The predicted molar refractivity (Wildman–Crippen MR) is 103 cm³/mol. The molecule has 28 heavy (non-hydrogen) atoms. The molecule has 0 unspecified atom stereocenters. The van der Waals surface area contributed by atoms with E-state index in [1.54, 1.807) is 59.2 Å². The Kier molecular flexibility index (Phi) is 5.63. The highest BCUT2D eigenvalue weighted by molar-refractivity contribution is 5.94. The van der Waals surface area contributed by atoms with E-state index in [4.69, 9.17) is 9.15 Å². The second kappa shape index (κ2) is 8.12. The number of rotatable bonds is 7. The largest absolute Gasteiger partial charge is 0.486 e. The molecular formula is C21H23N3O4. The van der Waals surface area contributed by atoms with E-state index in [2.05, 4.69) is 5.10 Å². The number of furan rings is 1. The van der Waals surface area contributed by atoms with Gasteiger partial charge in [0.2, 0.25) is 0 Å². The lowest BCUT2D eigenvalue weighted by Crippen LogP contribution is -2.26. The number of aryl methyl sites for hydroxylation is 1. The smallest absolute Gasteiger partial charge is 0.289 e. The van der Waals surface area contributed by atoms with Crippen LogP contribution >= 0.6 is 0 Å². The standard InChI is InChI=1S/C21H23N3O4/c1-14-17(11-22-24(14)4)12-23(3)21(26)20-10-9-19(28-20)13-27-18-7-5-16(6-8-18)15(2)25/h5-11H,12-13H2,1-4H3. The zero-order valence-corrected chi connectivity index (χ0v) is 16.4. The van der Waals surface area contributed by atoms with Crippen molar-refractivity contribution in [3.8, 4) is 5.75 Å². The van der Waals surface area contributed by atoms with Gasteiger partial charge in [-0.25, -0.2) is 0 Å². The Hall–Kier alpha value is -3.35. The maximum atomic E-state index is 12.6. The van der Waals surface area contributed by atoms with E-state index < -0.39 is 0 Å². The van der Waals surface area contributed by atoms with Crippen molar-refractivity contribution in [2.45, 2.75) is 27.0 Å². The molecule has 0 aliphatic rings. The molecule has 0 fully saturated rings. The molecule has 0 bridgehead atoms. The van der Waals surface area contributed by atoms with E-state index in [9.17, 15) is 9.59 Å². The van der Waals surface area contributed by atoms with Crippen LogP contribution in [0.1, 0.15) is 44.9 Å². The van der Waals surface area contributed by atoms with Crippen molar-refractivity contribution in [2.24, 2.45) is 7.05 Å². The van der Waals surface area contributed by atoms with Crippen LogP contribution in [0.3, 0.4) is 0 Å². The van der Waals surface area contributed by atoms with Crippen LogP contribution in [-0.2, 0) is 20.2 Å². The topological polar surface area (TPSA) is 77.6 Å². The van der Waals surface area contributed by atoms with Crippen LogP contribution in [0.5, 0.6) is 5.75 Å². The molecular weight excluding hydrogens is 358 g/mol. The van der Waals surface area contributed by atoms with Crippen molar-refractivity contribution in [1.82, 2.24) is 14.7 Å². The van der Waals surface area contributed by atoms with E-state index in [1.165, 1.54) is 6.92 Å². The molecule has 0 aliphatic heterocycles. The summed E-state index contributed by atoms with van der Waals surface area (Å²) in [4.78, 5) is 25.5. The van der Waals surface area contributed by atoms with Crippen LogP contribution in [0.2, 0.25) is 0 Å². The van der Waals surface area contributed by atoms with Gasteiger partial charge in [-0.1, -0.05) is 0 Å². The summed E-state index contributed by atoms with van der Waals surface area (Å²) in [6.07, 6.45) is 1.76. The maximum absolute atomic E-state index is 12.6. The third kappa shape index (κ3) is 4.31. The van der Waals surface area contributed by atoms with Gasteiger partial charge in [-0.05, 0) is 50.2 Å². The zero-order chi connectivity index (χ0) is 20.3. The lowest BCUT2D eigenvalue weighted by Gasteiger charge is -2.15. The van der Waals surface area contributed by atoms with Gasteiger partial charge in [0.15, 0.2) is 11.5 Å². The molecule has 0 saturated carbocycles. The van der Waals surface area contributed by atoms with Crippen molar-refractivity contribution in [3.63, 3.8) is 0 Å². The fourth-order valence-electron chi connectivity index (χ4n) is 2.73. The van der Waals surface area contributed by atoms with E-state index in [0.29, 0.717) is 23.6 Å². The maximum Gasteiger partial charge on any atom is 0.289 e. The van der Waals surface area contributed by atoms with Gasteiger partial charge in [0.1, 0.15) is 18.1 Å². The number of benzene rings is 1. The number of carbonyl (C=O) groups excluding carboxylic acids is 2. The Morgan fingerprint density at radius 3 is 2.50 bits per heavy atom. The Bertz CT molecular complexity index is 986. The summed E-state index contributed by atoms with van der Waals surface area (Å²) in [6, 6.07) is 10.3. The molecule has 2 aromatic heterocycles. The molecule has 1 aromatic carbocycles. The second-order valence-corrected chi connectivity index (χ2v) is 6.68. The second-order valence-electron chi connectivity index (χ2n) is 6.68. The third-order valence-electron chi connectivity index (χ3n) is 4.61. The Labute approximate surface area is 163 Å². The molecule has 0 N–H and O–H groups in total. The number of carbonyl (C=O) groups is 2. The number of hydrogen-bond acceptors (Lipinski definition) is 5. The summed E-state index contributed by atoms with van der Waals surface area (Å²) in [5.41, 5.74) is 2.64. The highest BCUT2D eigenvalue weighted by atomic mass is 16.5. The van der Waals surface area contributed by atoms with Gasteiger partial charge < -0.3 is 14.1 Å². The van der Waals surface area contributed by atoms with Crippen LogP contribution in [0.4, 0.5) is 0 Å². The van der Waals surface area contributed by atoms with Crippen LogP contribution in [0.25, 0.3) is 0 Å². The predicted octanol–water partition coefficient (Wildman–Crippen LogP) is 3.38. The average molecular weight is 381 g/mol. The molecule has 146 valence electrons. The van der Waals surface area contributed by atoms with E-state index in [1.807, 2.05) is 14.0 Å². The van der Waals surface area contributed by atoms with Gasteiger partial charge in [0.05, 0.1) is 6.20 Å². The minimum atomic E-state index is -0.208. The highest BCUT2D eigenvalue weighted by Gasteiger charge is 2.18. The summed E-state index contributed by atoms with van der Waals surface area (Å²) >= 11 is 0. The van der Waals surface area contributed by atoms with E-state index >= 15 is 0 Å². The zero-order valence-electron chi connectivity index (χ0n) is 16.4. The van der Waals surface area contributed by atoms with Gasteiger partial charge in [0, 0.05) is 37.5 Å². The van der Waals surface area contributed by atoms with Gasteiger partial charge in [-0.15, -0.1) is 0 Å². The van der Waals surface area contributed by atoms with Gasteiger partial charge in [-0.3, -0.25) is 14.3 Å². The van der Waals surface area contributed by atoms with Gasteiger partial charge >= 0.3 is 0 Å². The van der Waals surface area contributed by atoms with E-state index in [0.717, 1.165) is 11.3 Å². The number of hydrogen-bond donors (Lipinski definition) is 0. The molecule has 7 heteroatoms. The molecule has 2 heterocycles. The van der Waals surface area contributed by atoms with Crippen molar-refractivity contribution in [2.75, 3.05) is 7.05 Å². The van der Waals surface area contributed by atoms with Crippen LogP contribution in [0, 0.1) is 6.92 Å². The van der Waals surface area contributed by atoms with Crippen LogP contribution in [0.15, 0.2) is 47.0 Å². The Morgan fingerprint density at radius 2 is 1.89 bits per heavy atom. The van der Waals surface area contributed by atoms with Crippen LogP contribution < -0.4 is 4.74 Å². The molecule has 0 saturated heterocycles. The van der Waals surface area contributed by atoms with Gasteiger partial charge in [-0.2, -0.15) is 5.10 Å². The van der Waals surface area contributed by atoms with Crippen molar-refractivity contribution >= 4 is 11.7 Å². The molecule has 0 atom stereocenters. The molecule has 0 spiro atoms. The number of ether oxygens (including phenoxy) is 1. The quantitative estimate of drug-likeness (QED) is 0.587. The van der Waals surface area contributed by atoms with Crippen molar-refractivity contribution in [3.05, 3.63) is 70.9 Å². The lowest BCUT2D eigenvalue weighted by atomic mass is 10.1. The number of nitrogens with zero attached hydrogens (tertiary/aromatic N) is 3.